The van der Waals surface area contributed by atoms with E-state index in [1.807, 2.05) is 12.1 Å². The molecule has 23 heavy (non-hydrogen) atoms. The Morgan fingerprint density at radius 1 is 1.48 bits per heavy atom. The van der Waals surface area contributed by atoms with Gasteiger partial charge in [0.05, 0.1) is 12.1 Å². The second-order valence-electron chi connectivity index (χ2n) is 5.76. The maximum Gasteiger partial charge on any atom is 0.180 e. The molecule has 1 aliphatic heterocycles. The van der Waals surface area contributed by atoms with E-state index in [4.69, 9.17) is 21.1 Å². The predicted molar refractivity (Wildman–Crippen MR) is 95.7 cm³/mol. The van der Waals surface area contributed by atoms with Crippen LogP contribution >= 0.6 is 11.6 Å². The first-order valence-electron chi connectivity index (χ1n) is 8.24. The molecule has 0 amide bonds. The summed E-state index contributed by atoms with van der Waals surface area (Å²) in [5.41, 5.74) is 1.10. The average Bonchev–Trinajstić information content (AvgIpc) is 3.01. The number of nitrogens with one attached hydrogen (secondary N) is 1. The van der Waals surface area contributed by atoms with E-state index in [9.17, 15) is 0 Å². The minimum atomic E-state index is 0.405. The van der Waals surface area contributed by atoms with E-state index in [1.165, 1.54) is 19.4 Å². The fraction of sp³-hybridized carbons (Fsp3) is 0.556. The Bertz CT molecular complexity index is 522. The van der Waals surface area contributed by atoms with Crippen LogP contribution in [0.5, 0.6) is 11.5 Å². The SMILES string of the molecule is C=CCOc1c(Cl)cc(CNC[C@@H]2CCCN2CC)cc1OC. The zero-order valence-corrected chi connectivity index (χ0v) is 14.9. The Morgan fingerprint density at radius 3 is 3.00 bits per heavy atom. The maximum atomic E-state index is 6.33. The van der Waals surface area contributed by atoms with Gasteiger partial charge in [-0.1, -0.05) is 31.2 Å². The van der Waals surface area contributed by atoms with Gasteiger partial charge in [0.25, 0.3) is 0 Å². The average molecular weight is 339 g/mol. The third-order valence-electron chi connectivity index (χ3n) is 4.25. The second-order valence-corrected chi connectivity index (χ2v) is 6.17. The first-order valence-corrected chi connectivity index (χ1v) is 8.62. The molecule has 0 radical (unpaired) electrons. The van der Waals surface area contributed by atoms with Gasteiger partial charge in [-0.2, -0.15) is 0 Å². The molecule has 1 atom stereocenters. The topological polar surface area (TPSA) is 33.7 Å². The molecule has 1 aliphatic rings. The van der Waals surface area contributed by atoms with Crippen LogP contribution in [0.4, 0.5) is 0 Å². The van der Waals surface area contributed by atoms with Crippen molar-refractivity contribution in [1.82, 2.24) is 10.2 Å². The fourth-order valence-corrected chi connectivity index (χ4v) is 3.37. The quantitative estimate of drug-likeness (QED) is 0.699. The number of hydrogen-bond acceptors (Lipinski definition) is 4. The number of likely N-dealkylation sites (N-methyl/N-ethyl adjacent to an activating group) is 1. The fourth-order valence-electron chi connectivity index (χ4n) is 3.08. The highest BCUT2D eigenvalue weighted by molar-refractivity contribution is 6.32. The highest BCUT2D eigenvalue weighted by atomic mass is 35.5. The van der Waals surface area contributed by atoms with Crippen LogP contribution in [0.25, 0.3) is 0 Å². The predicted octanol–water partition coefficient (Wildman–Crippen LogP) is 3.49. The van der Waals surface area contributed by atoms with Gasteiger partial charge in [-0.15, -0.1) is 0 Å². The van der Waals surface area contributed by atoms with Gasteiger partial charge < -0.3 is 14.8 Å². The van der Waals surface area contributed by atoms with E-state index >= 15 is 0 Å². The van der Waals surface area contributed by atoms with E-state index in [1.54, 1.807) is 13.2 Å². The number of ether oxygens (including phenoxy) is 2. The Morgan fingerprint density at radius 2 is 2.30 bits per heavy atom. The number of hydrogen-bond donors (Lipinski definition) is 1. The molecular weight excluding hydrogens is 312 g/mol. The lowest BCUT2D eigenvalue weighted by atomic mass is 10.1. The van der Waals surface area contributed by atoms with Gasteiger partial charge in [0.15, 0.2) is 11.5 Å². The van der Waals surface area contributed by atoms with Gasteiger partial charge in [-0.25, -0.2) is 0 Å². The van der Waals surface area contributed by atoms with Crippen LogP contribution in [0, 0.1) is 0 Å². The third-order valence-corrected chi connectivity index (χ3v) is 4.53. The monoisotopic (exact) mass is 338 g/mol. The van der Waals surface area contributed by atoms with E-state index in [2.05, 4.69) is 23.7 Å². The van der Waals surface area contributed by atoms with E-state index in [0.717, 1.165) is 25.2 Å². The summed E-state index contributed by atoms with van der Waals surface area (Å²) in [6.07, 6.45) is 4.26. The van der Waals surface area contributed by atoms with Crippen LogP contribution in [0.15, 0.2) is 24.8 Å². The largest absolute Gasteiger partial charge is 0.493 e. The van der Waals surface area contributed by atoms with Crippen molar-refractivity contribution in [2.75, 3.05) is 33.4 Å². The molecular formula is C18H27ClN2O2. The van der Waals surface area contributed by atoms with E-state index in [0.29, 0.717) is 29.2 Å². The number of likely N-dealkylation sites (tertiary alicyclic amines) is 1. The van der Waals surface area contributed by atoms with Crippen molar-refractivity contribution in [3.63, 3.8) is 0 Å². The molecule has 128 valence electrons. The molecule has 0 spiro atoms. The highest BCUT2D eigenvalue weighted by Gasteiger charge is 2.22. The number of nitrogens with zero attached hydrogens (tertiary/aromatic N) is 1. The number of benzene rings is 1. The molecule has 0 bridgehead atoms. The van der Waals surface area contributed by atoms with Crippen molar-refractivity contribution in [2.45, 2.75) is 32.4 Å². The lowest BCUT2D eigenvalue weighted by Gasteiger charge is -2.23. The first-order chi connectivity index (χ1) is 11.2. The molecule has 1 N–H and O–H groups in total. The second kappa shape index (κ2) is 9.16. The normalized spacial score (nSPS) is 18.1. The Balaban J connectivity index is 1.94. The van der Waals surface area contributed by atoms with Gasteiger partial charge in [0, 0.05) is 19.1 Å². The molecule has 0 saturated carbocycles. The molecule has 1 aromatic carbocycles. The molecule has 4 nitrogen and oxygen atoms in total. The number of rotatable bonds is 9. The van der Waals surface area contributed by atoms with Crippen molar-refractivity contribution in [2.24, 2.45) is 0 Å². The van der Waals surface area contributed by atoms with Crippen molar-refractivity contribution < 1.29 is 9.47 Å². The van der Waals surface area contributed by atoms with Crippen molar-refractivity contribution in [3.05, 3.63) is 35.4 Å². The minimum Gasteiger partial charge on any atom is -0.493 e. The Hall–Kier alpha value is -1.23. The lowest BCUT2D eigenvalue weighted by molar-refractivity contribution is 0.260. The molecule has 1 heterocycles. The van der Waals surface area contributed by atoms with Crippen LogP contribution < -0.4 is 14.8 Å². The summed E-state index contributed by atoms with van der Waals surface area (Å²) >= 11 is 6.33. The summed E-state index contributed by atoms with van der Waals surface area (Å²) in [6, 6.07) is 4.55. The molecule has 0 aliphatic carbocycles. The maximum absolute atomic E-state index is 6.33. The van der Waals surface area contributed by atoms with Crippen molar-refractivity contribution >= 4 is 11.6 Å². The molecule has 5 heteroatoms. The summed E-state index contributed by atoms with van der Waals surface area (Å²) in [5, 5.41) is 4.10. The lowest BCUT2D eigenvalue weighted by Crippen LogP contribution is -2.37. The molecule has 2 rings (SSSR count). The first kappa shape index (κ1) is 18.1. The van der Waals surface area contributed by atoms with Gasteiger partial charge in [-0.3, -0.25) is 4.90 Å². The number of methoxy groups -OCH3 is 1. The molecule has 1 saturated heterocycles. The van der Waals surface area contributed by atoms with Gasteiger partial charge in [0.1, 0.15) is 6.61 Å². The summed E-state index contributed by atoms with van der Waals surface area (Å²) < 4.78 is 11.0. The smallest absolute Gasteiger partial charge is 0.180 e. The zero-order chi connectivity index (χ0) is 16.7. The van der Waals surface area contributed by atoms with Gasteiger partial charge in [0.2, 0.25) is 0 Å². The van der Waals surface area contributed by atoms with Gasteiger partial charge >= 0.3 is 0 Å². The highest BCUT2D eigenvalue weighted by Crippen LogP contribution is 2.36. The summed E-state index contributed by atoms with van der Waals surface area (Å²) in [5.74, 6) is 1.23. The van der Waals surface area contributed by atoms with Crippen LogP contribution in [0.3, 0.4) is 0 Å². The Kier molecular flexibility index (Phi) is 7.21. The van der Waals surface area contributed by atoms with Crippen LogP contribution in [-0.2, 0) is 6.54 Å². The van der Waals surface area contributed by atoms with Crippen LogP contribution in [-0.4, -0.2) is 44.3 Å². The van der Waals surface area contributed by atoms with E-state index < -0.39 is 0 Å². The van der Waals surface area contributed by atoms with Crippen LogP contribution in [0.1, 0.15) is 25.3 Å². The summed E-state index contributed by atoms with van der Waals surface area (Å²) in [6.45, 7) is 10.4. The molecule has 1 aromatic rings. The van der Waals surface area contributed by atoms with Crippen molar-refractivity contribution in [1.29, 1.82) is 0 Å². The molecule has 0 unspecified atom stereocenters. The van der Waals surface area contributed by atoms with Crippen LogP contribution in [0.2, 0.25) is 5.02 Å². The van der Waals surface area contributed by atoms with Gasteiger partial charge in [-0.05, 0) is 43.6 Å². The van der Waals surface area contributed by atoms with E-state index in [-0.39, 0.29) is 0 Å². The van der Waals surface area contributed by atoms with Crippen molar-refractivity contribution in [3.8, 4) is 11.5 Å². The number of halogens is 1. The summed E-state index contributed by atoms with van der Waals surface area (Å²) in [7, 11) is 1.63. The third kappa shape index (κ3) is 4.87. The minimum absolute atomic E-state index is 0.405. The standard InChI is InChI=1S/C18H27ClN2O2/c1-4-9-23-18-16(19)10-14(11-17(18)22-3)12-20-13-15-7-6-8-21(15)5-2/h4,10-11,15,20H,1,5-9,12-13H2,2-3H3/t15-/m0/s1. The molecule has 1 fully saturated rings. The molecule has 0 aromatic heterocycles. The Labute approximate surface area is 144 Å². The summed E-state index contributed by atoms with van der Waals surface area (Å²) in [4.78, 5) is 2.53. The zero-order valence-electron chi connectivity index (χ0n) is 14.1.